The Bertz CT molecular complexity index is 2740. The van der Waals surface area contributed by atoms with Crippen LogP contribution in [0.15, 0.2) is 115 Å². The molecule has 0 radical (unpaired) electrons. The molecule has 0 aliphatic rings. The van der Waals surface area contributed by atoms with E-state index in [9.17, 15) is 55.7 Å². The number of ether oxygens (including phenoxy) is 6. The Morgan fingerprint density at radius 3 is 1.40 bits per heavy atom. The summed E-state index contributed by atoms with van der Waals surface area (Å²) in [6.07, 6.45) is -6.10. The lowest BCUT2D eigenvalue weighted by Crippen LogP contribution is -2.44. The molecule has 0 amide bonds. The number of rotatable bonds is 25. The summed E-state index contributed by atoms with van der Waals surface area (Å²) in [6.45, 7) is 0.0109. The second-order valence-electron chi connectivity index (χ2n) is 16.4. The Hall–Kier alpha value is -7.84. The number of ketones is 2. The number of carbonyl (C=O) groups is 4. The smallest absolute Gasteiger partial charge is 0.389 e. The number of methoxy groups -OCH3 is 2. The topological polar surface area (TPSA) is 216 Å². The third-order valence-corrected chi connectivity index (χ3v) is 10.7. The third-order valence-electron chi connectivity index (χ3n) is 10.7. The van der Waals surface area contributed by atoms with E-state index >= 15 is 0 Å². The van der Waals surface area contributed by atoms with Crippen LogP contribution < -0.4 is 39.9 Å². The molecule has 5 aromatic carbocycles. The Kier molecular flexibility index (Phi) is 19.6. The first-order valence-corrected chi connectivity index (χ1v) is 22.5. The maximum atomic E-state index is 13.5. The van der Waals surface area contributed by atoms with Gasteiger partial charge >= 0.3 is 24.3 Å². The predicted octanol–water partition coefficient (Wildman–Crippen LogP) is 10.2. The number of anilines is 2. The minimum Gasteiger partial charge on any atom is -0.493 e. The quantitative estimate of drug-likeness (QED) is 0.00814. The van der Waals surface area contributed by atoms with Crippen LogP contribution in [0.5, 0.6) is 34.5 Å². The van der Waals surface area contributed by atoms with Crippen LogP contribution in [-0.2, 0) is 9.59 Å². The molecule has 0 heterocycles. The summed E-state index contributed by atoms with van der Waals surface area (Å²) in [5, 5.41) is 22.8. The maximum Gasteiger partial charge on any atom is 0.389 e. The van der Waals surface area contributed by atoms with Crippen LogP contribution in [0.1, 0.15) is 88.3 Å². The summed E-state index contributed by atoms with van der Waals surface area (Å²) in [5.74, 6) is -7.03. The molecule has 1 atom stereocenters. The van der Waals surface area contributed by atoms with Gasteiger partial charge in [-0.2, -0.15) is 26.3 Å². The zero-order valence-electron chi connectivity index (χ0n) is 39.5. The van der Waals surface area contributed by atoms with Gasteiger partial charge in [0.2, 0.25) is 11.6 Å². The van der Waals surface area contributed by atoms with E-state index in [-0.39, 0.29) is 101 Å². The highest BCUT2D eigenvalue weighted by molar-refractivity contribution is 6.01. The number of hydrogen-bond acceptors (Lipinski definition) is 14. The average Bonchev–Trinajstić information content (AvgIpc) is 3.33. The Balaban J connectivity index is 1.18. The molecule has 388 valence electrons. The minimum atomic E-state index is -4.26. The van der Waals surface area contributed by atoms with Crippen LogP contribution in [0.2, 0.25) is 0 Å². The zero-order valence-corrected chi connectivity index (χ0v) is 39.5. The molecular formula is C53H52F6N2O12. The second kappa shape index (κ2) is 25.5. The van der Waals surface area contributed by atoms with E-state index in [2.05, 4.69) is 0 Å². The number of esters is 2. The monoisotopic (exact) mass is 1020 g/mol. The van der Waals surface area contributed by atoms with E-state index < -0.39 is 66.8 Å². The lowest BCUT2D eigenvalue weighted by molar-refractivity contribution is -0.187. The summed E-state index contributed by atoms with van der Waals surface area (Å²) in [6, 6.07) is 24.3. The van der Waals surface area contributed by atoms with E-state index in [1.165, 1.54) is 117 Å². The number of benzene rings is 5. The minimum absolute atomic E-state index is 0.00245. The van der Waals surface area contributed by atoms with E-state index in [0.29, 0.717) is 11.1 Å². The fraction of sp³-hybridized carbons (Fsp3) is 0.283. The van der Waals surface area contributed by atoms with Crippen LogP contribution in [-0.4, -0.2) is 79.3 Å². The molecule has 0 aliphatic heterocycles. The fourth-order valence-electron chi connectivity index (χ4n) is 6.99. The average molecular weight is 1020 g/mol. The number of carbonyl (C=O) groups excluding carboxylic acids is 4. The number of halogens is 6. The van der Waals surface area contributed by atoms with Gasteiger partial charge in [-0.3, -0.25) is 9.59 Å². The van der Waals surface area contributed by atoms with Gasteiger partial charge in [0.05, 0.1) is 44.5 Å². The van der Waals surface area contributed by atoms with Gasteiger partial charge in [0.15, 0.2) is 28.8 Å². The lowest BCUT2D eigenvalue weighted by Gasteiger charge is -2.29. The van der Waals surface area contributed by atoms with Crippen LogP contribution in [0.4, 0.5) is 37.7 Å². The molecular weight excluding hydrogens is 971 g/mol. The van der Waals surface area contributed by atoms with Gasteiger partial charge in [0, 0.05) is 30.6 Å². The normalized spacial score (nSPS) is 12.4. The van der Waals surface area contributed by atoms with Crippen molar-refractivity contribution in [2.45, 2.75) is 69.0 Å². The van der Waals surface area contributed by atoms with E-state index in [0.717, 1.165) is 12.2 Å². The first-order chi connectivity index (χ1) is 34.5. The second-order valence-corrected chi connectivity index (χ2v) is 16.4. The summed E-state index contributed by atoms with van der Waals surface area (Å²) in [4.78, 5) is 52.8. The highest BCUT2D eigenvalue weighted by Crippen LogP contribution is 2.35. The van der Waals surface area contributed by atoms with Crippen LogP contribution in [0, 0.1) is 0 Å². The van der Waals surface area contributed by atoms with Crippen molar-refractivity contribution in [1.82, 2.24) is 0 Å². The van der Waals surface area contributed by atoms with Crippen molar-refractivity contribution >= 4 is 47.0 Å². The Morgan fingerprint density at radius 1 is 0.562 bits per heavy atom. The van der Waals surface area contributed by atoms with Crippen molar-refractivity contribution in [2.75, 3.05) is 38.9 Å². The van der Waals surface area contributed by atoms with E-state index in [1.54, 1.807) is 12.1 Å². The summed E-state index contributed by atoms with van der Waals surface area (Å²) in [5.41, 5.74) is 13.4. The van der Waals surface area contributed by atoms with Crippen LogP contribution >= 0.6 is 0 Å². The number of aliphatic hydroxyl groups is 2. The number of unbranched alkanes of at least 4 members (excludes halogenated alkanes) is 2. The van der Waals surface area contributed by atoms with Gasteiger partial charge in [0.25, 0.3) is 0 Å². The number of hydrogen-bond donors (Lipinski definition) is 4. The number of allylic oxidation sites excluding steroid dienone is 1. The Labute approximate surface area is 415 Å². The van der Waals surface area contributed by atoms with Gasteiger partial charge in [-0.05, 0) is 133 Å². The molecule has 6 N–H and O–H groups in total. The maximum absolute atomic E-state index is 13.5. The van der Waals surface area contributed by atoms with Crippen molar-refractivity contribution in [2.24, 2.45) is 0 Å². The molecule has 0 fully saturated rings. The molecule has 20 heteroatoms. The van der Waals surface area contributed by atoms with Crippen molar-refractivity contribution < 1.29 is 84.2 Å². The van der Waals surface area contributed by atoms with E-state index in [1.807, 2.05) is 0 Å². The van der Waals surface area contributed by atoms with Gasteiger partial charge < -0.3 is 50.1 Å². The summed E-state index contributed by atoms with van der Waals surface area (Å²) < 4.78 is 107. The van der Waals surface area contributed by atoms with Gasteiger partial charge in [-0.25, -0.2) is 9.59 Å². The number of nitrogen functional groups attached to an aromatic ring is 2. The van der Waals surface area contributed by atoms with Gasteiger partial charge in [-0.1, -0.05) is 36.4 Å². The zero-order chi connectivity index (χ0) is 53.3. The van der Waals surface area contributed by atoms with Crippen molar-refractivity contribution in [3.8, 4) is 34.5 Å². The molecule has 0 aromatic heterocycles. The molecule has 0 saturated carbocycles. The molecule has 73 heavy (non-hydrogen) atoms. The van der Waals surface area contributed by atoms with Crippen LogP contribution in [0.3, 0.4) is 0 Å². The first-order valence-electron chi connectivity index (χ1n) is 22.5. The molecule has 0 spiro atoms. The Morgan fingerprint density at radius 2 is 0.986 bits per heavy atom. The van der Waals surface area contributed by atoms with Gasteiger partial charge in [0.1, 0.15) is 11.5 Å². The molecule has 14 nitrogen and oxygen atoms in total. The molecule has 5 rings (SSSR count). The lowest BCUT2D eigenvalue weighted by atomic mass is 9.83. The first kappa shape index (κ1) is 56.1. The molecule has 0 aliphatic carbocycles. The van der Waals surface area contributed by atoms with Crippen molar-refractivity contribution in [3.63, 3.8) is 0 Å². The van der Waals surface area contributed by atoms with E-state index in [4.69, 9.17) is 39.9 Å². The number of alkyl halides is 6. The van der Waals surface area contributed by atoms with Crippen molar-refractivity contribution in [1.29, 1.82) is 0 Å². The molecule has 0 bridgehead atoms. The fourth-order valence-corrected chi connectivity index (χ4v) is 6.99. The highest BCUT2D eigenvalue weighted by atomic mass is 19.4. The molecule has 0 saturated heterocycles. The van der Waals surface area contributed by atoms with Crippen LogP contribution in [0.25, 0.3) is 12.2 Å². The molecule has 1 unspecified atom stereocenters. The highest BCUT2D eigenvalue weighted by Gasteiger charge is 2.42. The third kappa shape index (κ3) is 17.8. The summed E-state index contributed by atoms with van der Waals surface area (Å²) in [7, 11) is 2.67. The van der Waals surface area contributed by atoms with Crippen molar-refractivity contribution in [3.05, 3.63) is 143 Å². The molecule has 5 aromatic rings. The predicted molar refractivity (Wildman–Crippen MR) is 257 cm³/mol. The number of nitrogens with two attached hydrogens (primary N) is 2. The standard InChI is InChI=1S/C53H52F6N2O12/c1-68-46-29-35(13-20-44(46)70-25-5-3-23-51(54,55)56)49(64)72-41-16-8-33(9-17-41)7-15-40(62)32-43(37-27-38(60)31-39(61)28-37)53(66,67)48(63)22-12-34-10-18-42(19-11-34)73-50(65)36-14-21-45(47(30-36)69-2)71-26-6-4-24-52(57,58)59/h7-22,27-31,43,66-67H,3-6,23-26,32,60-61H2,1-2H3. The summed E-state index contributed by atoms with van der Waals surface area (Å²) >= 11 is 0. The SMILES string of the molecule is COc1cc(C(=O)Oc2ccc(C=CC(=O)CC(c3cc(N)cc(N)c3)C(O)(O)C(=O)C=Cc3ccc(OC(=O)c4ccc(OCCCCC(F)(F)F)c(OC)c4)cc3)cc2)ccc1OCCCCC(F)(F)F. The largest absolute Gasteiger partial charge is 0.493 e. The van der Waals surface area contributed by atoms with Gasteiger partial charge in [-0.15, -0.1) is 0 Å².